The number of benzene rings is 1. The van der Waals surface area contributed by atoms with Crippen LogP contribution < -0.4 is 26.2 Å². The Bertz CT molecular complexity index is 518. The fourth-order valence-corrected chi connectivity index (χ4v) is 2.25. The van der Waals surface area contributed by atoms with Gasteiger partial charge in [-0.2, -0.15) is 0 Å². The Labute approximate surface area is 141 Å². The van der Waals surface area contributed by atoms with Crippen molar-refractivity contribution in [3.05, 3.63) is 24.3 Å². The smallest absolute Gasteiger partial charge is 0.257 e. The molecule has 1 aliphatic heterocycles. The molecule has 0 bridgehead atoms. The van der Waals surface area contributed by atoms with Gasteiger partial charge < -0.3 is 20.1 Å². The van der Waals surface area contributed by atoms with Crippen molar-refractivity contribution in [3.63, 3.8) is 0 Å². The molecule has 1 atom stereocenters. The number of nitrogens with one attached hydrogen (secondary N) is 4. The number of methoxy groups -OCH3 is 1. The summed E-state index contributed by atoms with van der Waals surface area (Å²) in [5, 5.41) is 6.39. The largest absolute Gasteiger partial charge is 0.497 e. The van der Waals surface area contributed by atoms with Gasteiger partial charge in [-0.05, 0) is 49.3 Å². The zero-order chi connectivity index (χ0) is 16.5. The molecule has 8 heteroatoms. The first-order chi connectivity index (χ1) is 11.2. The first-order valence-electron chi connectivity index (χ1n) is 7.49. The molecule has 1 amide bonds. The Hall–Kier alpha value is -2.06. The van der Waals surface area contributed by atoms with Crippen molar-refractivity contribution >= 4 is 28.9 Å². The van der Waals surface area contributed by atoms with Crippen LogP contribution in [0.15, 0.2) is 24.3 Å². The van der Waals surface area contributed by atoms with Gasteiger partial charge in [-0.3, -0.25) is 15.6 Å². The summed E-state index contributed by atoms with van der Waals surface area (Å²) in [5.41, 5.74) is 6.03. The molecule has 0 aliphatic carbocycles. The molecular formula is C15H22N4O3S. The number of rotatable bonds is 6. The number of ether oxygens (including phenoxy) is 2. The molecule has 0 radical (unpaired) electrons. The van der Waals surface area contributed by atoms with Crippen LogP contribution in [0.3, 0.4) is 0 Å². The van der Waals surface area contributed by atoms with Crippen LogP contribution in [0.1, 0.15) is 12.8 Å². The summed E-state index contributed by atoms with van der Waals surface area (Å²) in [6.07, 6.45) is 2.32. The highest BCUT2D eigenvalue weighted by molar-refractivity contribution is 7.80. The quantitative estimate of drug-likeness (QED) is 0.451. The van der Waals surface area contributed by atoms with Gasteiger partial charge >= 0.3 is 0 Å². The second-order valence-corrected chi connectivity index (χ2v) is 5.51. The van der Waals surface area contributed by atoms with Gasteiger partial charge in [-0.1, -0.05) is 0 Å². The number of hydrogen-bond donors (Lipinski definition) is 4. The molecule has 126 valence electrons. The Balaban J connectivity index is 1.59. The van der Waals surface area contributed by atoms with Crippen molar-refractivity contribution in [1.29, 1.82) is 0 Å². The molecule has 0 saturated carbocycles. The SMILES string of the molecule is COc1ccc(NCC(=O)NNC(=S)NC[C@H]2CCCO2)cc1. The number of anilines is 1. The van der Waals surface area contributed by atoms with Crippen molar-refractivity contribution in [3.8, 4) is 5.75 Å². The Morgan fingerprint density at radius 1 is 1.35 bits per heavy atom. The number of amides is 1. The van der Waals surface area contributed by atoms with E-state index in [0.29, 0.717) is 11.7 Å². The molecule has 1 heterocycles. The van der Waals surface area contributed by atoms with E-state index in [-0.39, 0.29) is 18.6 Å². The summed E-state index contributed by atoms with van der Waals surface area (Å²) in [6, 6.07) is 7.33. The third kappa shape index (κ3) is 6.29. The van der Waals surface area contributed by atoms with Crippen LogP contribution in [0.25, 0.3) is 0 Å². The van der Waals surface area contributed by atoms with Crippen molar-refractivity contribution < 1.29 is 14.3 Å². The predicted molar refractivity (Wildman–Crippen MR) is 92.3 cm³/mol. The molecule has 1 fully saturated rings. The fourth-order valence-electron chi connectivity index (χ4n) is 2.12. The van der Waals surface area contributed by atoms with Crippen LogP contribution in [-0.2, 0) is 9.53 Å². The van der Waals surface area contributed by atoms with Crippen LogP contribution >= 0.6 is 12.2 Å². The maximum atomic E-state index is 11.7. The molecule has 23 heavy (non-hydrogen) atoms. The van der Waals surface area contributed by atoms with E-state index in [9.17, 15) is 4.79 Å². The Morgan fingerprint density at radius 3 is 2.78 bits per heavy atom. The van der Waals surface area contributed by atoms with E-state index < -0.39 is 0 Å². The lowest BCUT2D eigenvalue weighted by Gasteiger charge is -2.14. The lowest BCUT2D eigenvalue weighted by molar-refractivity contribution is -0.119. The number of thiocarbonyl (C=S) groups is 1. The van der Waals surface area contributed by atoms with Gasteiger partial charge in [0.05, 0.1) is 19.8 Å². The third-order valence-corrected chi connectivity index (χ3v) is 3.62. The highest BCUT2D eigenvalue weighted by atomic mass is 32.1. The minimum atomic E-state index is -0.220. The Morgan fingerprint density at radius 2 is 2.13 bits per heavy atom. The standard InChI is InChI=1S/C15H22N4O3S/c1-21-12-6-4-11(5-7-12)16-10-14(20)18-19-15(23)17-9-13-3-2-8-22-13/h4-7,13,16H,2-3,8-10H2,1H3,(H,18,20)(H2,17,19,23)/t13-/m1/s1. The normalized spacial score (nSPS) is 16.5. The molecule has 1 aliphatic rings. The summed E-state index contributed by atoms with van der Waals surface area (Å²) in [6.45, 7) is 1.58. The van der Waals surface area contributed by atoms with E-state index in [1.54, 1.807) is 7.11 Å². The molecule has 0 aromatic heterocycles. The van der Waals surface area contributed by atoms with Gasteiger partial charge in [0, 0.05) is 18.8 Å². The molecule has 1 aromatic rings. The van der Waals surface area contributed by atoms with E-state index in [1.165, 1.54) is 0 Å². The van der Waals surface area contributed by atoms with Crippen molar-refractivity contribution in [2.75, 3.05) is 32.1 Å². The second-order valence-electron chi connectivity index (χ2n) is 5.10. The molecule has 4 N–H and O–H groups in total. The minimum absolute atomic E-state index is 0.133. The maximum Gasteiger partial charge on any atom is 0.257 e. The van der Waals surface area contributed by atoms with Crippen LogP contribution in [-0.4, -0.2) is 43.9 Å². The summed E-state index contributed by atoms with van der Waals surface area (Å²) < 4.78 is 10.5. The molecule has 7 nitrogen and oxygen atoms in total. The molecule has 1 aromatic carbocycles. The van der Waals surface area contributed by atoms with E-state index in [4.69, 9.17) is 21.7 Å². The lowest BCUT2D eigenvalue weighted by atomic mass is 10.2. The molecule has 1 saturated heterocycles. The summed E-state index contributed by atoms with van der Waals surface area (Å²) >= 11 is 5.09. The number of hydrogen-bond acceptors (Lipinski definition) is 5. The zero-order valence-electron chi connectivity index (χ0n) is 13.1. The van der Waals surface area contributed by atoms with Crippen LogP contribution in [0.5, 0.6) is 5.75 Å². The first kappa shape index (κ1) is 17.3. The molecule has 2 rings (SSSR count). The maximum absolute atomic E-state index is 11.7. The molecule has 0 spiro atoms. The predicted octanol–water partition coefficient (Wildman–Crippen LogP) is 0.781. The van der Waals surface area contributed by atoms with E-state index in [2.05, 4.69) is 21.5 Å². The van der Waals surface area contributed by atoms with Crippen molar-refractivity contribution in [1.82, 2.24) is 16.2 Å². The highest BCUT2D eigenvalue weighted by Gasteiger charge is 2.15. The first-order valence-corrected chi connectivity index (χ1v) is 7.90. The van der Waals surface area contributed by atoms with Gasteiger partial charge in [0.2, 0.25) is 0 Å². The summed E-state index contributed by atoms with van der Waals surface area (Å²) in [7, 11) is 1.61. The van der Waals surface area contributed by atoms with E-state index >= 15 is 0 Å². The van der Waals surface area contributed by atoms with Crippen LogP contribution in [0.2, 0.25) is 0 Å². The van der Waals surface area contributed by atoms with Gasteiger partial charge in [0.15, 0.2) is 5.11 Å². The monoisotopic (exact) mass is 338 g/mol. The minimum Gasteiger partial charge on any atom is -0.497 e. The van der Waals surface area contributed by atoms with Crippen LogP contribution in [0.4, 0.5) is 5.69 Å². The fraction of sp³-hybridized carbons (Fsp3) is 0.467. The second kappa shape index (κ2) is 9.16. The van der Waals surface area contributed by atoms with E-state index in [0.717, 1.165) is 30.9 Å². The van der Waals surface area contributed by atoms with Gasteiger partial charge in [-0.15, -0.1) is 0 Å². The lowest BCUT2D eigenvalue weighted by Crippen LogP contribution is -2.49. The van der Waals surface area contributed by atoms with Crippen molar-refractivity contribution in [2.45, 2.75) is 18.9 Å². The molecular weight excluding hydrogens is 316 g/mol. The number of carbonyl (C=O) groups excluding carboxylic acids is 1. The van der Waals surface area contributed by atoms with Gasteiger partial charge in [0.25, 0.3) is 5.91 Å². The molecule has 0 unspecified atom stereocenters. The number of hydrazine groups is 1. The Kier molecular flexibility index (Phi) is 6.89. The van der Waals surface area contributed by atoms with Gasteiger partial charge in [0.1, 0.15) is 5.75 Å². The highest BCUT2D eigenvalue weighted by Crippen LogP contribution is 2.14. The topological polar surface area (TPSA) is 83.7 Å². The van der Waals surface area contributed by atoms with Crippen molar-refractivity contribution in [2.24, 2.45) is 0 Å². The summed E-state index contributed by atoms with van der Waals surface area (Å²) in [5.74, 6) is 0.548. The average molecular weight is 338 g/mol. The average Bonchev–Trinajstić information content (AvgIpc) is 3.10. The zero-order valence-corrected chi connectivity index (χ0v) is 13.9. The summed E-state index contributed by atoms with van der Waals surface area (Å²) in [4.78, 5) is 11.7. The van der Waals surface area contributed by atoms with Gasteiger partial charge in [-0.25, -0.2) is 0 Å². The number of carbonyl (C=O) groups is 1. The van der Waals surface area contributed by atoms with E-state index in [1.807, 2.05) is 24.3 Å². The third-order valence-electron chi connectivity index (χ3n) is 3.37. The van der Waals surface area contributed by atoms with Crippen LogP contribution in [0, 0.1) is 0 Å².